The van der Waals surface area contributed by atoms with Crippen LogP contribution in [0, 0.1) is 13.8 Å². The second-order valence-corrected chi connectivity index (χ2v) is 5.75. The molecule has 0 aromatic heterocycles. The lowest BCUT2D eigenvalue weighted by atomic mass is 10.2. The van der Waals surface area contributed by atoms with Crippen molar-refractivity contribution in [2.24, 2.45) is 0 Å². The lowest BCUT2D eigenvalue weighted by Crippen LogP contribution is -2.29. The Morgan fingerprint density at radius 2 is 1.55 bits per heavy atom. The molecule has 2 aromatic rings. The van der Waals surface area contributed by atoms with Gasteiger partial charge in [0.25, 0.3) is 0 Å². The van der Waals surface area contributed by atoms with E-state index in [-0.39, 0.29) is 5.75 Å². The molecule has 0 heterocycles. The molecule has 0 atom stereocenters. The highest BCUT2D eigenvalue weighted by Gasteiger charge is 2.16. The third-order valence-corrected chi connectivity index (χ3v) is 3.69. The first-order chi connectivity index (χ1) is 10.4. The van der Waals surface area contributed by atoms with Crippen molar-refractivity contribution >= 4 is 39.1 Å². The first kappa shape index (κ1) is 16.0. The number of hydrogen-bond acceptors (Lipinski definition) is 3. The highest BCUT2D eigenvalue weighted by Crippen LogP contribution is 2.24. The van der Waals surface area contributed by atoms with Crippen molar-refractivity contribution in [3.63, 3.8) is 0 Å². The van der Waals surface area contributed by atoms with E-state index in [2.05, 4.69) is 26.6 Å². The normalized spacial score (nSPS) is 10.1. The number of amides is 2. The molecule has 0 radical (unpaired) electrons. The predicted octanol–water partition coefficient (Wildman–Crippen LogP) is 3.35. The van der Waals surface area contributed by atoms with Gasteiger partial charge < -0.3 is 15.7 Å². The summed E-state index contributed by atoms with van der Waals surface area (Å²) in [5, 5.41) is 14.4. The minimum absolute atomic E-state index is 0.100. The fraction of sp³-hybridized carbons (Fsp3) is 0.125. The fourth-order valence-corrected chi connectivity index (χ4v) is 2.46. The highest BCUT2D eigenvalue weighted by atomic mass is 79.9. The van der Waals surface area contributed by atoms with Gasteiger partial charge in [0, 0.05) is 10.2 Å². The average Bonchev–Trinajstić information content (AvgIpc) is 2.44. The molecule has 2 amide bonds. The van der Waals surface area contributed by atoms with Gasteiger partial charge in [-0.05, 0) is 71.2 Å². The number of phenols is 1. The Bertz CT molecular complexity index is 681. The highest BCUT2D eigenvalue weighted by molar-refractivity contribution is 9.10. The van der Waals surface area contributed by atoms with E-state index in [1.165, 1.54) is 18.2 Å². The van der Waals surface area contributed by atoms with Gasteiger partial charge in [-0.1, -0.05) is 6.07 Å². The van der Waals surface area contributed by atoms with E-state index < -0.39 is 11.8 Å². The van der Waals surface area contributed by atoms with Gasteiger partial charge >= 0.3 is 11.8 Å². The Labute approximate surface area is 136 Å². The number of halogens is 1. The van der Waals surface area contributed by atoms with Gasteiger partial charge in [0.15, 0.2) is 0 Å². The molecule has 0 aliphatic heterocycles. The van der Waals surface area contributed by atoms with Crippen LogP contribution in [0.3, 0.4) is 0 Å². The lowest BCUT2D eigenvalue weighted by molar-refractivity contribution is -0.133. The zero-order chi connectivity index (χ0) is 16.3. The van der Waals surface area contributed by atoms with E-state index >= 15 is 0 Å². The van der Waals surface area contributed by atoms with Crippen molar-refractivity contribution in [3.8, 4) is 5.75 Å². The molecule has 2 aromatic carbocycles. The summed E-state index contributed by atoms with van der Waals surface area (Å²) >= 11 is 3.34. The molecule has 5 nitrogen and oxygen atoms in total. The maximum atomic E-state index is 11.9. The van der Waals surface area contributed by atoms with Crippen LogP contribution in [0.2, 0.25) is 0 Å². The number of nitrogens with one attached hydrogen (secondary N) is 2. The SMILES string of the molecule is Cc1ccc(NC(=O)C(=O)Nc2ccc(O)cc2C)c(Br)c1. The third kappa shape index (κ3) is 3.85. The lowest BCUT2D eigenvalue weighted by Gasteiger charge is -2.10. The Hall–Kier alpha value is -2.34. The number of benzene rings is 2. The van der Waals surface area contributed by atoms with E-state index in [0.717, 1.165) is 5.56 Å². The van der Waals surface area contributed by atoms with Crippen LogP contribution in [0.5, 0.6) is 5.75 Å². The van der Waals surface area contributed by atoms with Crippen LogP contribution in [-0.2, 0) is 9.59 Å². The zero-order valence-corrected chi connectivity index (χ0v) is 13.7. The van der Waals surface area contributed by atoms with Crippen molar-refractivity contribution < 1.29 is 14.7 Å². The Balaban J connectivity index is 2.07. The molecule has 114 valence electrons. The monoisotopic (exact) mass is 362 g/mol. The molecular weight excluding hydrogens is 348 g/mol. The van der Waals surface area contributed by atoms with Crippen molar-refractivity contribution in [1.29, 1.82) is 0 Å². The standard InChI is InChI=1S/C16H15BrN2O3/c1-9-3-5-14(12(17)7-9)19-16(22)15(21)18-13-6-4-11(20)8-10(13)2/h3-8,20H,1-2H3,(H,18,21)(H,19,22). The van der Waals surface area contributed by atoms with Gasteiger partial charge in [-0.2, -0.15) is 0 Å². The van der Waals surface area contributed by atoms with E-state index in [1.54, 1.807) is 13.0 Å². The van der Waals surface area contributed by atoms with Gasteiger partial charge in [-0.25, -0.2) is 0 Å². The number of aromatic hydroxyl groups is 1. The van der Waals surface area contributed by atoms with Crippen molar-refractivity contribution in [3.05, 3.63) is 52.0 Å². The summed E-state index contributed by atoms with van der Waals surface area (Å²) < 4.78 is 0.703. The molecule has 0 unspecified atom stereocenters. The maximum absolute atomic E-state index is 11.9. The molecule has 0 spiro atoms. The van der Waals surface area contributed by atoms with Crippen LogP contribution in [-0.4, -0.2) is 16.9 Å². The van der Waals surface area contributed by atoms with Crippen LogP contribution < -0.4 is 10.6 Å². The van der Waals surface area contributed by atoms with E-state index in [4.69, 9.17) is 0 Å². The van der Waals surface area contributed by atoms with E-state index in [0.29, 0.717) is 21.4 Å². The van der Waals surface area contributed by atoms with Crippen molar-refractivity contribution in [1.82, 2.24) is 0 Å². The number of phenolic OH excluding ortho intramolecular Hbond substituents is 1. The largest absolute Gasteiger partial charge is 0.508 e. The number of hydrogen-bond donors (Lipinski definition) is 3. The van der Waals surface area contributed by atoms with Crippen LogP contribution in [0.25, 0.3) is 0 Å². The van der Waals surface area contributed by atoms with Gasteiger partial charge in [-0.15, -0.1) is 0 Å². The molecule has 2 rings (SSSR count). The van der Waals surface area contributed by atoms with E-state index in [1.807, 2.05) is 19.1 Å². The Morgan fingerprint density at radius 3 is 2.14 bits per heavy atom. The fourth-order valence-electron chi connectivity index (χ4n) is 1.87. The van der Waals surface area contributed by atoms with Crippen LogP contribution in [0.4, 0.5) is 11.4 Å². The van der Waals surface area contributed by atoms with Crippen molar-refractivity contribution in [2.75, 3.05) is 10.6 Å². The van der Waals surface area contributed by atoms with Crippen LogP contribution in [0.1, 0.15) is 11.1 Å². The van der Waals surface area contributed by atoms with Gasteiger partial charge in [-0.3, -0.25) is 9.59 Å². The number of anilines is 2. The first-order valence-electron chi connectivity index (χ1n) is 6.55. The molecule has 0 saturated carbocycles. The summed E-state index contributed by atoms with van der Waals surface area (Å²) in [4.78, 5) is 23.9. The summed E-state index contributed by atoms with van der Waals surface area (Å²) in [5.41, 5.74) is 2.70. The van der Waals surface area contributed by atoms with Gasteiger partial charge in [0.1, 0.15) is 5.75 Å². The molecule has 3 N–H and O–H groups in total. The number of rotatable bonds is 2. The Kier molecular flexibility index (Phi) is 4.82. The molecule has 0 fully saturated rings. The minimum Gasteiger partial charge on any atom is -0.508 e. The molecule has 0 bridgehead atoms. The molecule has 22 heavy (non-hydrogen) atoms. The zero-order valence-electron chi connectivity index (χ0n) is 12.1. The summed E-state index contributed by atoms with van der Waals surface area (Å²) in [6, 6.07) is 9.88. The number of carbonyl (C=O) groups excluding carboxylic acids is 2. The summed E-state index contributed by atoms with van der Waals surface area (Å²) in [6.07, 6.45) is 0. The second-order valence-electron chi connectivity index (χ2n) is 4.89. The smallest absolute Gasteiger partial charge is 0.314 e. The topological polar surface area (TPSA) is 78.4 Å². The van der Waals surface area contributed by atoms with Gasteiger partial charge in [0.2, 0.25) is 0 Å². The molecule has 6 heteroatoms. The minimum atomic E-state index is -0.777. The van der Waals surface area contributed by atoms with E-state index in [9.17, 15) is 14.7 Å². The average molecular weight is 363 g/mol. The summed E-state index contributed by atoms with van der Waals surface area (Å²) in [6.45, 7) is 3.65. The quantitative estimate of drug-likeness (QED) is 0.566. The maximum Gasteiger partial charge on any atom is 0.314 e. The molecule has 0 saturated heterocycles. The molecule has 0 aliphatic carbocycles. The van der Waals surface area contributed by atoms with Crippen LogP contribution in [0.15, 0.2) is 40.9 Å². The molecular formula is C16H15BrN2O3. The first-order valence-corrected chi connectivity index (χ1v) is 7.34. The summed E-state index contributed by atoms with van der Waals surface area (Å²) in [7, 11) is 0. The number of aryl methyl sites for hydroxylation is 2. The van der Waals surface area contributed by atoms with Gasteiger partial charge in [0.05, 0.1) is 5.69 Å². The van der Waals surface area contributed by atoms with Crippen LogP contribution >= 0.6 is 15.9 Å². The number of carbonyl (C=O) groups is 2. The predicted molar refractivity (Wildman–Crippen MR) is 89.0 cm³/mol. The van der Waals surface area contributed by atoms with Crippen molar-refractivity contribution in [2.45, 2.75) is 13.8 Å². The molecule has 0 aliphatic rings. The second kappa shape index (κ2) is 6.62. The third-order valence-electron chi connectivity index (χ3n) is 3.04. The Morgan fingerprint density at radius 1 is 0.955 bits per heavy atom. The summed E-state index contributed by atoms with van der Waals surface area (Å²) in [5.74, 6) is -1.44.